The molecule has 124 valence electrons. The summed E-state index contributed by atoms with van der Waals surface area (Å²) in [6.45, 7) is 4.33. The van der Waals surface area contributed by atoms with Gasteiger partial charge in [-0.15, -0.1) is 0 Å². The van der Waals surface area contributed by atoms with E-state index in [0.717, 1.165) is 37.6 Å². The number of hydrogen-bond donors (Lipinski definition) is 0. The summed E-state index contributed by atoms with van der Waals surface area (Å²) in [6, 6.07) is 15.8. The van der Waals surface area contributed by atoms with Gasteiger partial charge in [0, 0.05) is 0 Å². The van der Waals surface area contributed by atoms with Crippen LogP contribution in [-0.2, 0) is 3.83 Å². The summed E-state index contributed by atoms with van der Waals surface area (Å²) < 4.78 is 21.1. The molecule has 1 aromatic heterocycles. The molecule has 0 saturated heterocycles. The second-order valence-corrected chi connectivity index (χ2v) is 9.49. The third kappa shape index (κ3) is 2.03. The number of aromatic nitrogens is 1. The number of fused-ring (bicyclic) bond motifs is 4. The van der Waals surface area contributed by atoms with Gasteiger partial charge in [-0.05, 0) is 0 Å². The predicted molar refractivity (Wildman–Crippen MR) is 98.8 cm³/mol. The fraction of sp³-hybridized carbons (Fsp3) is 0.150. The number of pyridine rings is 1. The molecule has 1 unspecified atom stereocenters. The molecule has 5 heteroatoms. The summed E-state index contributed by atoms with van der Waals surface area (Å²) in [5.41, 5.74) is 3.07. The van der Waals surface area contributed by atoms with Crippen molar-refractivity contribution in [3.8, 4) is 11.5 Å². The van der Waals surface area contributed by atoms with Gasteiger partial charge in [0.25, 0.3) is 0 Å². The van der Waals surface area contributed by atoms with Crippen molar-refractivity contribution in [1.82, 2.24) is 4.98 Å². The van der Waals surface area contributed by atoms with E-state index in [1.165, 1.54) is 5.56 Å². The zero-order chi connectivity index (χ0) is 17.1. The van der Waals surface area contributed by atoms with Gasteiger partial charge in [-0.1, -0.05) is 0 Å². The van der Waals surface area contributed by atoms with E-state index < -0.39 is 13.8 Å². The van der Waals surface area contributed by atoms with E-state index in [2.05, 4.69) is 35.9 Å². The fourth-order valence-electron chi connectivity index (χ4n) is 3.39. The van der Waals surface area contributed by atoms with Gasteiger partial charge in [0.15, 0.2) is 0 Å². The number of hydrogen-bond acceptors (Lipinski definition) is 4. The molecule has 2 aromatic carbocycles. The zero-order valence-corrected chi connectivity index (χ0v) is 15.6. The van der Waals surface area contributed by atoms with Gasteiger partial charge in [-0.25, -0.2) is 0 Å². The Bertz CT molecular complexity index is 1050. The third-order valence-electron chi connectivity index (χ3n) is 4.66. The predicted octanol–water partition coefficient (Wildman–Crippen LogP) is 3.63. The topological polar surface area (TPSA) is 42.4 Å². The number of para-hydroxylation sites is 1. The molecule has 0 bridgehead atoms. The minimum absolute atomic E-state index is 0.399. The van der Waals surface area contributed by atoms with Crippen LogP contribution in [0.25, 0.3) is 0 Å². The van der Waals surface area contributed by atoms with E-state index in [-0.39, 0.29) is 0 Å². The Hall–Kier alpha value is -2.49. The molecular weight excluding hydrogens is 379 g/mol. The van der Waals surface area contributed by atoms with Crippen LogP contribution in [0.2, 0.25) is 0 Å². The Kier molecular flexibility index (Phi) is 3.11. The monoisotopic (exact) mass is 396 g/mol. The normalized spacial score (nSPS) is 16.8. The quantitative estimate of drug-likeness (QED) is 0.407. The Morgan fingerprint density at radius 2 is 1.88 bits per heavy atom. The Labute approximate surface area is 150 Å². The van der Waals surface area contributed by atoms with Gasteiger partial charge < -0.3 is 0 Å². The number of rotatable bonds is 1. The molecule has 2 aliphatic heterocycles. The second kappa shape index (κ2) is 5.25. The van der Waals surface area contributed by atoms with E-state index in [4.69, 9.17) is 4.74 Å². The van der Waals surface area contributed by atoms with Crippen LogP contribution in [0.4, 0.5) is 17.2 Å². The number of benzene rings is 2. The first-order valence-corrected chi connectivity index (χ1v) is 10.7. The van der Waals surface area contributed by atoms with Crippen LogP contribution < -0.4 is 18.6 Å². The Morgan fingerprint density at radius 3 is 2.72 bits per heavy atom. The second-order valence-electron chi connectivity index (χ2n) is 6.52. The average molecular weight is 395 g/mol. The van der Waals surface area contributed by atoms with Crippen LogP contribution in [0.5, 0.6) is 11.5 Å². The van der Waals surface area contributed by atoms with Crippen molar-refractivity contribution in [3.05, 3.63) is 60.3 Å². The van der Waals surface area contributed by atoms with Crippen molar-refractivity contribution in [2.75, 3.05) is 4.90 Å². The minimum atomic E-state index is -2.34. The van der Waals surface area contributed by atoms with Crippen molar-refractivity contribution in [2.24, 2.45) is 0 Å². The molecule has 0 N–H and O–H groups in total. The molecular formula is C20H16N2O2Se. The number of anilines is 3. The molecule has 3 aromatic rings. The first-order valence-electron chi connectivity index (χ1n) is 8.27. The van der Waals surface area contributed by atoms with E-state index in [1.807, 2.05) is 36.4 Å². The molecule has 0 spiro atoms. The molecule has 25 heavy (non-hydrogen) atoms. The van der Waals surface area contributed by atoms with Gasteiger partial charge in [-0.2, -0.15) is 0 Å². The first kappa shape index (κ1) is 14.8. The maximum absolute atomic E-state index is 13.2. The molecule has 4 nitrogen and oxygen atoms in total. The Balaban J connectivity index is 1.86. The van der Waals surface area contributed by atoms with Crippen LogP contribution in [0, 0.1) is 0 Å². The molecule has 2 aliphatic rings. The van der Waals surface area contributed by atoms with Crippen molar-refractivity contribution >= 4 is 39.9 Å². The molecule has 3 heterocycles. The summed E-state index contributed by atoms with van der Waals surface area (Å²) >= 11 is -2.34. The first-order chi connectivity index (χ1) is 12.1. The van der Waals surface area contributed by atoms with Crippen LogP contribution in [0.1, 0.15) is 25.3 Å². The SMILES string of the molecule is CC(C)c1ccc2c(c1)N1c3ncccc3Oc3cccc(c31)[Se]2=O. The summed E-state index contributed by atoms with van der Waals surface area (Å²) in [7, 11) is 0. The van der Waals surface area contributed by atoms with Crippen LogP contribution >= 0.6 is 0 Å². The van der Waals surface area contributed by atoms with Crippen LogP contribution in [0.3, 0.4) is 0 Å². The van der Waals surface area contributed by atoms with E-state index in [0.29, 0.717) is 5.92 Å². The summed E-state index contributed by atoms with van der Waals surface area (Å²) in [5.74, 6) is 2.61. The summed E-state index contributed by atoms with van der Waals surface area (Å²) in [6.07, 6.45) is 1.77. The maximum atomic E-state index is 13.2. The molecule has 0 aliphatic carbocycles. The number of ether oxygens (including phenoxy) is 1. The average Bonchev–Trinajstić information content (AvgIpc) is 2.64. The van der Waals surface area contributed by atoms with Gasteiger partial charge >= 0.3 is 150 Å². The van der Waals surface area contributed by atoms with E-state index >= 15 is 0 Å². The number of nitrogens with zero attached hydrogens (tertiary/aromatic N) is 2. The van der Waals surface area contributed by atoms with Crippen molar-refractivity contribution in [3.63, 3.8) is 0 Å². The van der Waals surface area contributed by atoms with Crippen molar-refractivity contribution < 1.29 is 8.57 Å². The zero-order valence-electron chi connectivity index (χ0n) is 13.9. The van der Waals surface area contributed by atoms with Crippen LogP contribution in [0.15, 0.2) is 54.7 Å². The van der Waals surface area contributed by atoms with Gasteiger partial charge in [0.2, 0.25) is 0 Å². The molecule has 0 amide bonds. The molecule has 1 atom stereocenters. The van der Waals surface area contributed by atoms with E-state index in [9.17, 15) is 3.83 Å². The molecule has 0 saturated carbocycles. The third-order valence-corrected chi connectivity index (χ3v) is 7.75. The van der Waals surface area contributed by atoms with E-state index in [1.54, 1.807) is 6.20 Å². The van der Waals surface area contributed by atoms with Crippen LogP contribution in [-0.4, -0.2) is 18.8 Å². The summed E-state index contributed by atoms with van der Waals surface area (Å²) in [4.78, 5) is 6.67. The van der Waals surface area contributed by atoms with Gasteiger partial charge in [0.05, 0.1) is 0 Å². The fourth-order valence-corrected chi connectivity index (χ4v) is 6.19. The standard InChI is InChI=1S/C20H16N2O2Se/c1-12(2)13-8-9-17-14(11-13)22-19-15(5-3-7-18(19)25(17)23)24-16-6-4-10-21-20(16)22/h3-12H,1-2H3. The molecule has 0 radical (unpaired) electrons. The molecule has 5 rings (SSSR count). The van der Waals surface area contributed by atoms with Gasteiger partial charge in [0.1, 0.15) is 0 Å². The summed E-state index contributed by atoms with van der Waals surface area (Å²) in [5, 5.41) is 0. The van der Waals surface area contributed by atoms with Crippen molar-refractivity contribution in [2.45, 2.75) is 19.8 Å². The van der Waals surface area contributed by atoms with Crippen molar-refractivity contribution in [1.29, 1.82) is 0 Å². The molecule has 0 fully saturated rings. The van der Waals surface area contributed by atoms with Gasteiger partial charge in [-0.3, -0.25) is 0 Å². The Morgan fingerprint density at radius 1 is 1.04 bits per heavy atom.